The first kappa shape index (κ1) is 7.00. The van der Waals surface area contributed by atoms with Gasteiger partial charge in [0.15, 0.2) is 0 Å². The van der Waals surface area contributed by atoms with E-state index in [1.807, 2.05) is 0 Å². The largest absolute Gasteiger partial charge is 0.736 e. The van der Waals surface area contributed by atoms with Crippen LogP contribution in [0.4, 0.5) is 4.79 Å². The zero-order valence-corrected chi connectivity index (χ0v) is 4.25. The number of rotatable bonds is 0. The van der Waals surface area contributed by atoms with Crippen molar-refractivity contribution in [2.75, 3.05) is 0 Å². The third-order valence-electron chi connectivity index (χ3n) is 0.296. The average molecular weight is 136 g/mol. The van der Waals surface area contributed by atoms with Gasteiger partial charge in [0.1, 0.15) is 0 Å². The minimum Gasteiger partial charge on any atom is -0.736 e. The summed E-state index contributed by atoms with van der Waals surface area (Å²) in [6.07, 6.45) is 0. The summed E-state index contributed by atoms with van der Waals surface area (Å²) < 4.78 is 28.2. The third-order valence-corrected chi connectivity index (χ3v) is 0.805. The monoisotopic (exact) mass is 136 g/mol. The summed E-state index contributed by atoms with van der Waals surface area (Å²) in [5, 5.41) is 5.29. The van der Waals surface area contributed by atoms with Crippen molar-refractivity contribution in [3.63, 3.8) is 0 Å². The van der Waals surface area contributed by atoms with E-state index >= 15 is 0 Å². The number of hydrogen-bond acceptors (Lipinski definition) is 5. The summed E-state index contributed by atoms with van der Waals surface area (Å²) in [7, 11) is -5.06. The molecular weight excluding hydrogens is 136 g/mol. The van der Waals surface area contributed by atoms with Gasteiger partial charge in [-0.1, -0.05) is 0 Å². The van der Waals surface area contributed by atoms with Gasteiger partial charge in [-0.05, 0) is 0 Å². The highest BCUT2D eigenvalue weighted by molar-refractivity contribution is 8.01. The van der Waals surface area contributed by atoms with Gasteiger partial charge < -0.3 is 4.55 Å². The SMILES string of the molecule is N#[N+]C(=O)S(=O)(=O)[O-]. The molecule has 0 aromatic carbocycles. The van der Waals surface area contributed by atoms with Crippen LogP contribution >= 0.6 is 0 Å². The molecule has 0 aromatic heterocycles. The molecule has 7 heteroatoms. The molecule has 0 saturated carbocycles. The highest BCUT2D eigenvalue weighted by Gasteiger charge is 2.23. The van der Waals surface area contributed by atoms with E-state index in [2.05, 4.69) is 0 Å². The van der Waals surface area contributed by atoms with Crippen LogP contribution in [0.2, 0.25) is 0 Å². The fraction of sp³-hybridized carbons (Fsp3) is 0. The van der Waals surface area contributed by atoms with Gasteiger partial charge in [0, 0.05) is 0 Å². The average Bonchev–Trinajstić information content (AvgIpc) is 1.62. The molecule has 0 atom stereocenters. The Bertz CT molecular complexity index is 231. The summed E-state index contributed by atoms with van der Waals surface area (Å²) in [5.74, 6) is 0. The van der Waals surface area contributed by atoms with Crippen LogP contribution in [-0.2, 0) is 10.1 Å². The molecule has 44 valence electrons. The van der Waals surface area contributed by atoms with E-state index < -0.39 is 15.4 Å². The van der Waals surface area contributed by atoms with Gasteiger partial charge in [0.25, 0.3) is 0 Å². The second-order valence-corrected chi connectivity index (χ2v) is 2.08. The molecule has 0 spiro atoms. The number of diazo groups is 1. The molecule has 1 amide bonds. The lowest BCUT2D eigenvalue weighted by atomic mass is 11.4. The highest BCUT2D eigenvalue weighted by Crippen LogP contribution is 1.86. The maximum atomic E-state index is 9.52. The van der Waals surface area contributed by atoms with Crippen molar-refractivity contribution < 1.29 is 17.8 Å². The van der Waals surface area contributed by atoms with E-state index in [4.69, 9.17) is 5.39 Å². The predicted molar refractivity (Wildman–Crippen MR) is 20.2 cm³/mol. The number of carbonyl (C=O) groups is 1. The Morgan fingerprint density at radius 1 is 1.62 bits per heavy atom. The molecule has 0 aliphatic rings. The van der Waals surface area contributed by atoms with Crippen molar-refractivity contribution in [3.8, 4) is 0 Å². The first-order valence-electron chi connectivity index (χ1n) is 1.33. The standard InChI is InChI=1S/CN2O4S/c2-3-1(4)8(5,6)7. The number of amides is 1. The maximum absolute atomic E-state index is 9.52. The first-order chi connectivity index (χ1) is 3.48. The molecule has 0 fully saturated rings. The van der Waals surface area contributed by atoms with Crippen LogP contribution in [0, 0.1) is 5.39 Å². The third kappa shape index (κ3) is 1.63. The maximum Gasteiger partial charge on any atom is 0.667 e. The van der Waals surface area contributed by atoms with Crippen LogP contribution < -0.4 is 0 Å². The van der Waals surface area contributed by atoms with Gasteiger partial charge in [0.2, 0.25) is 20.5 Å². The van der Waals surface area contributed by atoms with E-state index in [1.54, 1.807) is 4.98 Å². The first-order valence-corrected chi connectivity index (χ1v) is 2.74. The zero-order valence-electron chi connectivity index (χ0n) is 3.44. The molecule has 0 unspecified atom stereocenters. The second-order valence-electron chi connectivity index (χ2n) is 0.820. The molecule has 0 aromatic rings. The number of nitrogens with zero attached hydrogens (tertiary/aromatic N) is 2. The van der Waals surface area contributed by atoms with Crippen molar-refractivity contribution in [1.82, 2.24) is 0 Å². The van der Waals surface area contributed by atoms with Crippen LogP contribution in [0.15, 0.2) is 0 Å². The second kappa shape index (κ2) is 1.85. The van der Waals surface area contributed by atoms with Crippen molar-refractivity contribution in [3.05, 3.63) is 4.98 Å². The van der Waals surface area contributed by atoms with E-state index in [-0.39, 0.29) is 0 Å². The van der Waals surface area contributed by atoms with Crippen molar-refractivity contribution in [2.24, 2.45) is 0 Å². The fourth-order valence-corrected chi connectivity index (χ4v) is 0.150. The molecule has 0 aliphatic carbocycles. The summed E-state index contributed by atoms with van der Waals surface area (Å²) >= 11 is 0. The minimum absolute atomic E-state index is 1.62. The molecule has 6 nitrogen and oxygen atoms in total. The molecular formula is CN2O4S. The van der Waals surface area contributed by atoms with Crippen LogP contribution in [0.1, 0.15) is 0 Å². The Hall–Kier alpha value is -1.00. The van der Waals surface area contributed by atoms with Crippen molar-refractivity contribution in [1.29, 1.82) is 5.39 Å². The van der Waals surface area contributed by atoms with Gasteiger partial charge in [-0.25, -0.2) is 8.42 Å². The topological polar surface area (TPSA) is 102 Å². The Balaban J connectivity index is 4.62. The lowest BCUT2D eigenvalue weighted by Gasteiger charge is -1.85. The Morgan fingerprint density at radius 3 is 2.00 bits per heavy atom. The highest BCUT2D eigenvalue weighted by atomic mass is 32.2. The van der Waals surface area contributed by atoms with Crippen LogP contribution in [-0.4, -0.2) is 18.2 Å². The summed E-state index contributed by atoms with van der Waals surface area (Å²) in [5.41, 5.74) is 0. The van der Waals surface area contributed by atoms with Crippen LogP contribution in [0.25, 0.3) is 4.98 Å². The summed E-state index contributed by atoms with van der Waals surface area (Å²) in [6, 6.07) is 0. The molecule has 8 heavy (non-hydrogen) atoms. The van der Waals surface area contributed by atoms with Crippen LogP contribution in [0.3, 0.4) is 0 Å². The fourth-order valence-electron chi connectivity index (χ4n) is 0.0500. The van der Waals surface area contributed by atoms with Gasteiger partial charge >= 0.3 is 5.24 Å². The normalized spacial score (nSPS) is 10.0. The van der Waals surface area contributed by atoms with E-state index in [9.17, 15) is 17.8 Å². The zero-order chi connectivity index (χ0) is 6.78. The molecule has 0 bridgehead atoms. The summed E-state index contributed by atoms with van der Waals surface area (Å²) in [6.45, 7) is 0. The van der Waals surface area contributed by atoms with E-state index in [0.29, 0.717) is 0 Å². The molecule has 0 heterocycles. The van der Waals surface area contributed by atoms with Gasteiger partial charge in [0.05, 0.1) is 0 Å². The predicted octanol–water partition coefficient (Wildman–Crippen LogP) is -0.495. The minimum atomic E-state index is -5.06. The molecule has 0 radical (unpaired) electrons. The molecule has 0 rings (SSSR count). The Kier molecular flexibility index (Phi) is 1.62. The molecule has 0 N–H and O–H groups in total. The lowest BCUT2D eigenvalue weighted by molar-refractivity contribution is 0.266. The van der Waals surface area contributed by atoms with E-state index in [1.165, 1.54) is 0 Å². The van der Waals surface area contributed by atoms with Gasteiger partial charge in [-0.2, -0.15) is 4.79 Å². The smallest absolute Gasteiger partial charge is 0.667 e. The van der Waals surface area contributed by atoms with Crippen molar-refractivity contribution in [2.45, 2.75) is 0 Å². The van der Waals surface area contributed by atoms with Gasteiger partial charge in [-0.3, -0.25) is 0 Å². The Morgan fingerprint density at radius 2 is 2.00 bits per heavy atom. The Labute approximate surface area is 44.5 Å². The van der Waals surface area contributed by atoms with E-state index in [0.717, 1.165) is 0 Å². The quantitative estimate of drug-likeness (QED) is 0.330. The number of carbonyl (C=O) groups excluding carboxylic acids is 1. The lowest BCUT2D eigenvalue weighted by Crippen LogP contribution is -2.05. The van der Waals surface area contributed by atoms with Crippen molar-refractivity contribution >= 4 is 15.4 Å². The molecule has 0 aliphatic heterocycles. The van der Waals surface area contributed by atoms with Gasteiger partial charge in [-0.15, -0.1) is 0 Å². The number of hydrogen-bond donors (Lipinski definition) is 0. The molecule has 0 saturated heterocycles. The summed E-state index contributed by atoms with van der Waals surface area (Å²) in [4.78, 5) is 11.1. The van der Waals surface area contributed by atoms with Crippen LogP contribution in [0.5, 0.6) is 0 Å².